The number of carbonyl (C=O) groups is 2. The van der Waals surface area contributed by atoms with Crippen LogP contribution >= 0.6 is 0 Å². The van der Waals surface area contributed by atoms with Crippen molar-refractivity contribution >= 4 is 11.6 Å². The molecule has 0 bridgehead atoms. The van der Waals surface area contributed by atoms with Gasteiger partial charge in [0.25, 0.3) is 0 Å². The van der Waals surface area contributed by atoms with Gasteiger partial charge < -0.3 is 9.47 Å². The van der Waals surface area contributed by atoms with Gasteiger partial charge in [-0.1, -0.05) is 40.2 Å². The smallest absolute Gasteiger partial charge is 0.178 e. The molecular weight excluding hydrogens is 316 g/mol. The van der Waals surface area contributed by atoms with E-state index in [9.17, 15) is 9.59 Å². The number of rotatable bonds is 0. The van der Waals surface area contributed by atoms with Crippen LogP contribution in [-0.4, -0.2) is 38.0 Å². The lowest BCUT2D eigenvalue weighted by Gasteiger charge is -2.50. The first-order chi connectivity index (χ1) is 12.0. The number of epoxide rings is 1. The molecular formula is C21H34O4. The Hall–Kier alpha value is -1.00. The number of hydrogen-bond acceptors (Lipinski definition) is 4. The lowest BCUT2D eigenvalue weighted by molar-refractivity contribution is -0.145. The van der Waals surface area contributed by atoms with Crippen molar-refractivity contribution in [2.45, 2.75) is 58.5 Å². The molecule has 4 nitrogen and oxygen atoms in total. The van der Waals surface area contributed by atoms with Crippen LogP contribution in [0.1, 0.15) is 52.9 Å². The van der Waals surface area contributed by atoms with Crippen molar-refractivity contribution in [3.05, 3.63) is 12.2 Å². The van der Waals surface area contributed by atoms with Gasteiger partial charge in [0, 0.05) is 14.2 Å². The summed E-state index contributed by atoms with van der Waals surface area (Å²) in [6.07, 6.45) is 5.37. The standard InChI is InChI=1S/C17H22O3.C2H6O.C2H6/c1-9-4-3-5-11-12-6-7-17(8-20-17)16(19)14(12)15(18)10(2)13(9)11;1-3-2;1-2/h9,11-14H,2-8H2,1H3;1-2H3;1-2H3/t9-,11?,12?,13?,14?,17?;;/m0../s1. The predicted octanol–water partition coefficient (Wildman–Crippen LogP) is 3.83. The van der Waals surface area contributed by atoms with Crippen LogP contribution in [0.5, 0.6) is 0 Å². The van der Waals surface area contributed by atoms with Crippen LogP contribution in [0, 0.1) is 29.6 Å². The summed E-state index contributed by atoms with van der Waals surface area (Å²) in [5.74, 6) is 1.26. The lowest BCUT2D eigenvalue weighted by Crippen LogP contribution is -2.54. The molecule has 4 aliphatic rings. The van der Waals surface area contributed by atoms with Crippen LogP contribution in [0.15, 0.2) is 12.2 Å². The molecule has 1 aliphatic heterocycles. The van der Waals surface area contributed by atoms with Crippen molar-refractivity contribution in [1.82, 2.24) is 0 Å². The summed E-state index contributed by atoms with van der Waals surface area (Å²) in [5.41, 5.74) is 0.152. The molecule has 25 heavy (non-hydrogen) atoms. The van der Waals surface area contributed by atoms with Crippen molar-refractivity contribution in [2.24, 2.45) is 29.6 Å². The first kappa shape index (κ1) is 20.3. The van der Waals surface area contributed by atoms with E-state index < -0.39 is 11.5 Å². The Morgan fingerprint density at radius 2 is 1.72 bits per heavy atom. The number of ketones is 2. The second-order valence-electron chi connectivity index (χ2n) is 7.72. The summed E-state index contributed by atoms with van der Waals surface area (Å²) in [6.45, 7) is 10.8. The Balaban J connectivity index is 0.000000410. The quantitative estimate of drug-likeness (QED) is 0.378. The molecule has 4 fully saturated rings. The van der Waals surface area contributed by atoms with Crippen molar-refractivity contribution in [1.29, 1.82) is 0 Å². The van der Waals surface area contributed by atoms with Crippen molar-refractivity contribution in [3.8, 4) is 0 Å². The Bertz CT molecular complexity index is 520. The average molecular weight is 350 g/mol. The van der Waals surface area contributed by atoms with Crippen LogP contribution < -0.4 is 0 Å². The molecule has 0 aromatic rings. The number of Topliss-reactive ketones (excluding diaryl/α,β-unsaturated/α-hetero) is 2. The van der Waals surface area contributed by atoms with Gasteiger partial charge in [0.05, 0.1) is 12.5 Å². The number of allylic oxidation sites excluding steroid dienone is 1. The molecule has 1 heterocycles. The Morgan fingerprint density at radius 1 is 1.12 bits per heavy atom. The molecule has 1 saturated heterocycles. The van der Waals surface area contributed by atoms with Crippen LogP contribution in [0.3, 0.4) is 0 Å². The number of ether oxygens (including phenoxy) is 2. The zero-order chi connectivity index (χ0) is 18.8. The van der Waals surface area contributed by atoms with E-state index >= 15 is 0 Å². The minimum atomic E-state index is -0.579. The summed E-state index contributed by atoms with van der Waals surface area (Å²) in [7, 11) is 3.25. The maximum absolute atomic E-state index is 12.7. The number of fused-ring (bicyclic) bond motifs is 3. The third-order valence-electron chi connectivity index (χ3n) is 6.36. The molecule has 0 aromatic carbocycles. The van der Waals surface area contributed by atoms with E-state index in [0.29, 0.717) is 24.4 Å². The molecule has 142 valence electrons. The van der Waals surface area contributed by atoms with Gasteiger partial charge in [0.15, 0.2) is 17.2 Å². The van der Waals surface area contributed by atoms with Gasteiger partial charge in [-0.2, -0.15) is 0 Å². The molecule has 4 heteroatoms. The molecule has 0 N–H and O–H groups in total. The molecule has 0 amide bonds. The number of carbonyl (C=O) groups excluding carboxylic acids is 2. The van der Waals surface area contributed by atoms with Crippen molar-refractivity contribution < 1.29 is 19.1 Å². The molecule has 3 saturated carbocycles. The fraction of sp³-hybridized carbons (Fsp3) is 0.810. The zero-order valence-electron chi connectivity index (χ0n) is 16.5. The number of hydrogen-bond donors (Lipinski definition) is 0. The van der Waals surface area contributed by atoms with Gasteiger partial charge >= 0.3 is 0 Å². The third kappa shape index (κ3) is 3.48. The third-order valence-corrected chi connectivity index (χ3v) is 6.36. The fourth-order valence-electron chi connectivity index (χ4n) is 5.22. The zero-order valence-corrected chi connectivity index (χ0v) is 16.5. The van der Waals surface area contributed by atoms with Crippen molar-refractivity contribution in [2.75, 3.05) is 20.8 Å². The maximum Gasteiger partial charge on any atom is 0.178 e. The highest BCUT2D eigenvalue weighted by Crippen LogP contribution is 2.56. The molecule has 1 spiro atoms. The van der Waals surface area contributed by atoms with Crippen LogP contribution in [0.25, 0.3) is 0 Å². The second-order valence-corrected chi connectivity index (χ2v) is 7.72. The van der Waals surface area contributed by atoms with E-state index in [4.69, 9.17) is 4.74 Å². The second kappa shape index (κ2) is 8.13. The van der Waals surface area contributed by atoms with E-state index in [0.717, 1.165) is 24.8 Å². The highest BCUT2D eigenvalue weighted by molar-refractivity contribution is 6.14. The average Bonchev–Trinajstić information content (AvgIpc) is 3.38. The molecule has 4 rings (SSSR count). The summed E-state index contributed by atoms with van der Waals surface area (Å²) in [5, 5.41) is 0. The van der Waals surface area contributed by atoms with E-state index in [-0.39, 0.29) is 17.5 Å². The Labute approximate surface area is 152 Å². The first-order valence-corrected chi connectivity index (χ1v) is 9.78. The van der Waals surface area contributed by atoms with Gasteiger partial charge in [0.2, 0.25) is 0 Å². The van der Waals surface area contributed by atoms with E-state index in [1.165, 1.54) is 12.8 Å². The molecule has 5 unspecified atom stereocenters. The summed E-state index contributed by atoms with van der Waals surface area (Å²) < 4.78 is 9.66. The molecule has 0 radical (unpaired) electrons. The predicted molar refractivity (Wildman–Crippen MR) is 98.3 cm³/mol. The molecule has 0 aromatic heterocycles. The normalized spacial score (nSPS) is 41.6. The minimum absolute atomic E-state index is 0.0320. The summed E-state index contributed by atoms with van der Waals surface area (Å²) in [4.78, 5) is 25.4. The van der Waals surface area contributed by atoms with E-state index in [1.54, 1.807) is 14.2 Å². The van der Waals surface area contributed by atoms with Gasteiger partial charge in [0.1, 0.15) is 0 Å². The summed E-state index contributed by atoms with van der Waals surface area (Å²) >= 11 is 0. The summed E-state index contributed by atoms with van der Waals surface area (Å²) in [6, 6.07) is 0. The Morgan fingerprint density at radius 3 is 2.28 bits per heavy atom. The topological polar surface area (TPSA) is 55.9 Å². The monoisotopic (exact) mass is 350 g/mol. The first-order valence-electron chi connectivity index (χ1n) is 9.78. The molecule has 3 aliphatic carbocycles. The largest absolute Gasteiger partial charge is 0.388 e. The SMILES string of the molecule is C=C1C(=O)C2C(=O)C3(CCC2C2CCC[C@H](C)C12)CO3.CC.COC. The van der Waals surface area contributed by atoms with E-state index in [1.807, 2.05) is 13.8 Å². The fourth-order valence-corrected chi connectivity index (χ4v) is 5.22. The van der Waals surface area contributed by atoms with Gasteiger partial charge in [-0.25, -0.2) is 0 Å². The van der Waals surface area contributed by atoms with Crippen molar-refractivity contribution in [3.63, 3.8) is 0 Å². The number of methoxy groups -OCH3 is 1. The van der Waals surface area contributed by atoms with Gasteiger partial charge in [-0.3, -0.25) is 9.59 Å². The van der Waals surface area contributed by atoms with Gasteiger partial charge in [-0.05, 0) is 48.5 Å². The van der Waals surface area contributed by atoms with Crippen LogP contribution in [0.4, 0.5) is 0 Å². The Kier molecular flexibility index (Phi) is 6.61. The lowest BCUT2D eigenvalue weighted by atomic mass is 9.52. The highest BCUT2D eigenvalue weighted by Gasteiger charge is 2.63. The van der Waals surface area contributed by atoms with E-state index in [2.05, 4.69) is 18.2 Å². The minimum Gasteiger partial charge on any atom is -0.388 e. The van der Waals surface area contributed by atoms with Gasteiger partial charge in [-0.15, -0.1) is 0 Å². The molecule has 6 atom stereocenters. The van der Waals surface area contributed by atoms with Crippen LogP contribution in [-0.2, 0) is 19.1 Å². The highest BCUT2D eigenvalue weighted by atomic mass is 16.6. The maximum atomic E-state index is 12.7. The van der Waals surface area contributed by atoms with Crippen LogP contribution in [0.2, 0.25) is 0 Å².